The Morgan fingerprint density at radius 3 is 2.54 bits per heavy atom. The number of carbonyl (C=O) groups excluding carboxylic acids is 4. The first-order valence-corrected chi connectivity index (χ1v) is 13.1. The van der Waals surface area contributed by atoms with E-state index in [1.807, 2.05) is 0 Å². The Labute approximate surface area is 220 Å². The van der Waals surface area contributed by atoms with E-state index < -0.39 is 61.5 Å². The molecule has 2 unspecified atom stereocenters. The number of amides is 4. The minimum absolute atomic E-state index is 0.0241. The lowest BCUT2D eigenvalue weighted by Crippen LogP contribution is -2.55. The fourth-order valence-corrected chi connectivity index (χ4v) is 4.64. The van der Waals surface area contributed by atoms with Crippen molar-refractivity contribution in [3.05, 3.63) is 70.5 Å². The molecule has 0 bridgehead atoms. The van der Waals surface area contributed by atoms with Crippen molar-refractivity contribution in [3.8, 4) is 0 Å². The zero-order valence-electron chi connectivity index (χ0n) is 20.4. The van der Waals surface area contributed by atoms with Gasteiger partial charge in [0, 0.05) is 37.7 Å². The van der Waals surface area contributed by atoms with Gasteiger partial charge in [-0.25, -0.2) is 8.96 Å². The van der Waals surface area contributed by atoms with Crippen LogP contribution in [-0.2, 0) is 47.0 Å². The van der Waals surface area contributed by atoms with E-state index in [0.717, 1.165) is 31.4 Å². The predicted molar refractivity (Wildman–Crippen MR) is 126 cm³/mol. The van der Waals surface area contributed by atoms with E-state index in [1.54, 1.807) is 0 Å². The first-order valence-electron chi connectivity index (χ1n) is 11.6. The van der Waals surface area contributed by atoms with Crippen LogP contribution in [0.15, 0.2) is 42.5 Å². The highest BCUT2D eigenvalue weighted by Gasteiger charge is 2.44. The summed E-state index contributed by atoms with van der Waals surface area (Å²) in [6.07, 6.45) is -0.0987. The second kappa shape index (κ2) is 10.9. The maximum atomic E-state index is 14.5. The molecule has 2 aliphatic rings. The van der Waals surface area contributed by atoms with Gasteiger partial charge in [0.1, 0.15) is 18.6 Å². The number of alkyl halides is 2. The van der Waals surface area contributed by atoms with E-state index in [0.29, 0.717) is 16.0 Å². The lowest BCUT2D eigenvalue weighted by Gasteiger charge is -2.35. The van der Waals surface area contributed by atoms with Gasteiger partial charge in [-0.3, -0.25) is 33.1 Å². The minimum Gasteiger partial charge on any atom is -0.346 e. The Hall–Kier alpha value is -3.58. The summed E-state index contributed by atoms with van der Waals surface area (Å²) in [6.45, 7) is -1.16. The van der Waals surface area contributed by atoms with Crippen molar-refractivity contribution >= 4 is 31.5 Å². The Bertz CT molecular complexity index is 1370. The van der Waals surface area contributed by atoms with E-state index >= 15 is 0 Å². The molecule has 0 aromatic heterocycles. The van der Waals surface area contributed by atoms with Crippen molar-refractivity contribution < 1.29 is 50.9 Å². The molecule has 0 spiro atoms. The molecule has 2 atom stereocenters. The fourth-order valence-electron chi connectivity index (χ4n) is 4.27. The molecule has 11 nitrogen and oxygen atoms in total. The average molecular weight is 569 g/mol. The molecule has 2 aliphatic heterocycles. The molecule has 2 heterocycles. The fraction of sp³-hybridized carbons (Fsp3) is 0.333. The van der Waals surface area contributed by atoms with Gasteiger partial charge in [0.25, 0.3) is 17.7 Å². The number of carbonyl (C=O) groups is 4. The van der Waals surface area contributed by atoms with Crippen LogP contribution < -0.4 is 5.32 Å². The van der Waals surface area contributed by atoms with Gasteiger partial charge in [0.2, 0.25) is 5.91 Å². The molecule has 2 N–H and O–H groups in total. The number of hydrogen-bond donors (Lipinski definition) is 2. The Morgan fingerprint density at radius 2 is 1.87 bits per heavy atom. The minimum atomic E-state index is -4.47. The molecule has 15 heteroatoms. The van der Waals surface area contributed by atoms with Crippen molar-refractivity contribution in [1.29, 1.82) is 0 Å². The third kappa shape index (κ3) is 5.88. The van der Waals surface area contributed by atoms with Crippen LogP contribution in [0.3, 0.4) is 0 Å². The third-order valence-corrected chi connectivity index (χ3v) is 7.29. The Kier molecular flexibility index (Phi) is 7.94. The van der Waals surface area contributed by atoms with Crippen molar-refractivity contribution in [2.75, 3.05) is 13.8 Å². The standard InChI is InChI=1S/C24H23F3N3O8P/c1-37-39(35,36)38-13-30-20(31)9-8-19(22(30)33)29-12-15-10-14(2-7-18(15)21(29)32)11-28-23(34)24(26,27)16-3-5-17(25)6-4-16/h2-7,10,19H,8-9,11-13H2,1H3,(H,28,34)(H,35,36). The molecular formula is C24H23F3N3O8P. The molecule has 2 aromatic carbocycles. The van der Waals surface area contributed by atoms with Crippen LogP contribution in [0, 0.1) is 5.82 Å². The SMILES string of the molecule is COP(=O)(O)OCN1C(=O)CCC(N2Cc3cc(CNC(=O)C(F)(F)c4ccc(F)cc4)ccc3C2=O)C1=O. The number of likely N-dealkylation sites (tertiary alicyclic amines) is 1. The van der Waals surface area contributed by atoms with E-state index in [2.05, 4.69) is 14.4 Å². The number of phosphoric acid groups is 1. The highest BCUT2D eigenvalue weighted by molar-refractivity contribution is 7.47. The number of fused-ring (bicyclic) bond motifs is 1. The second-order valence-corrected chi connectivity index (χ2v) is 10.4. The molecule has 0 radical (unpaired) electrons. The summed E-state index contributed by atoms with van der Waals surface area (Å²) < 4.78 is 62.4. The third-order valence-electron chi connectivity index (χ3n) is 6.39. The molecular weight excluding hydrogens is 546 g/mol. The van der Waals surface area contributed by atoms with Gasteiger partial charge in [-0.15, -0.1) is 0 Å². The highest BCUT2D eigenvalue weighted by Crippen LogP contribution is 2.42. The zero-order chi connectivity index (χ0) is 28.5. The number of piperidine rings is 1. The van der Waals surface area contributed by atoms with Crippen LogP contribution in [-0.4, -0.2) is 58.2 Å². The summed E-state index contributed by atoms with van der Waals surface area (Å²) in [5.74, 6) is -8.15. The average Bonchev–Trinajstić information content (AvgIpc) is 3.22. The van der Waals surface area contributed by atoms with E-state index in [1.165, 1.54) is 23.1 Å². The van der Waals surface area contributed by atoms with Crippen molar-refractivity contribution in [2.24, 2.45) is 0 Å². The van der Waals surface area contributed by atoms with Crippen molar-refractivity contribution in [1.82, 2.24) is 15.1 Å². The highest BCUT2D eigenvalue weighted by atomic mass is 31.2. The molecule has 1 fully saturated rings. The molecule has 2 aromatic rings. The largest absolute Gasteiger partial charge is 0.473 e. The first-order chi connectivity index (χ1) is 18.3. The summed E-state index contributed by atoms with van der Waals surface area (Å²) in [5, 5.41) is 2.13. The second-order valence-electron chi connectivity index (χ2n) is 8.81. The Morgan fingerprint density at radius 1 is 1.18 bits per heavy atom. The van der Waals surface area contributed by atoms with Crippen LogP contribution >= 0.6 is 7.82 Å². The van der Waals surface area contributed by atoms with Crippen molar-refractivity contribution in [2.45, 2.75) is 37.9 Å². The van der Waals surface area contributed by atoms with E-state index in [9.17, 15) is 41.8 Å². The predicted octanol–water partition coefficient (Wildman–Crippen LogP) is 2.43. The van der Waals surface area contributed by atoms with Crippen LogP contribution in [0.5, 0.6) is 0 Å². The monoisotopic (exact) mass is 569 g/mol. The summed E-state index contributed by atoms with van der Waals surface area (Å²) in [5.41, 5.74) is 0.470. The number of hydrogen-bond acceptors (Lipinski definition) is 7. The molecule has 208 valence electrons. The summed E-state index contributed by atoms with van der Waals surface area (Å²) in [4.78, 5) is 61.7. The number of imide groups is 1. The molecule has 0 aliphatic carbocycles. The number of nitrogens with zero attached hydrogens (tertiary/aromatic N) is 2. The van der Waals surface area contributed by atoms with Crippen LogP contribution in [0.4, 0.5) is 13.2 Å². The van der Waals surface area contributed by atoms with Crippen LogP contribution in [0.25, 0.3) is 0 Å². The Balaban J connectivity index is 1.42. The molecule has 0 saturated carbocycles. The quantitative estimate of drug-likeness (QED) is 0.347. The molecule has 1 saturated heterocycles. The number of phosphoric ester groups is 1. The van der Waals surface area contributed by atoms with Gasteiger partial charge in [-0.1, -0.05) is 12.1 Å². The maximum Gasteiger partial charge on any atom is 0.473 e. The van der Waals surface area contributed by atoms with Gasteiger partial charge in [0.15, 0.2) is 0 Å². The molecule has 39 heavy (non-hydrogen) atoms. The maximum absolute atomic E-state index is 14.5. The van der Waals surface area contributed by atoms with Gasteiger partial charge >= 0.3 is 13.7 Å². The normalized spacial score (nSPS) is 19.2. The number of nitrogens with one attached hydrogen (secondary N) is 1. The first kappa shape index (κ1) is 28.4. The van der Waals surface area contributed by atoms with Crippen molar-refractivity contribution in [3.63, 3.8) is 0 Å². The van der Waals surface area contributed by atoms with E-state index in [-0.39, 0.29) is 31.5 Å². The van der Waals surface area contributed by atoms with Gasteiger partial charge in [-0.2, -0.15) is 8.78 Å². The lowest BCUT2D eigenvalue weighted by atomic mass is 10.0. The topological polar surface area (TPSA) is 143 Å². The van der Waals surface area contributed by atoms with Gasteiger partial charge < -0.3 is 15.1 Å². The van der Waals surface area contributed by atoms with Crippen LogP contribution in [0.2, 0.25) is 0 Å². The summed E-state index contributed by atoms with van der Waals surface area (Å²) in [6, 6.07) is 6.67. The molecule has 4 amide bonds. The number of benzene rings is 2. The van der Waals surface area contributed by atoms with E-state index in [4.69, 9.17) is 0 Å². The van der Waals surface area contributed by atoms with Gasteiger partial charge in [-0.05, 0) is 47.9 Å². The lowest BCUT2D eigenvalue weighted by molar-refractivity contribution is -0.156. The summed E-state index contributed by atoms with van der Waals surface area (Å²) in [7, 11) is -3.55. The molecule has 4 rings (SSSR count). The van der Waals surface area contributed by atoms with Crippen LogP contribution in [0.1, 0.15) is 39.9 Å². The van der Waals surface area contributed by atoms with Gasteiger partial charge in [0.05, 0.1) is 0 Å². The summed E-state index contributed by atoms with van der Waals surface area (Å²) >= 11 is 0. The smallest absolute Gasteiger partial charge is 0.346 e. The zero-order valence-corrected chi connectivity index (χ0v) is 21.3. The number of rotatable bonds is 9. The number of halogens is 3.